The molecule has 1 N–H and O–H groups in total. The molecule has 0 radical (unpaired) electrons. The molecule has 6 heteroatoms. The SMILES string of the molecule is C=CCOc1ccc(C(=O)NCC(c2cccc(F)c2)N2CCOCC2)cc1. The molecule has 0 aromatic heterocycles. The highest BCUT2D eigenvalue weighted by molar-refractivity contribution is 5.94. The number of carbonyl (C=O) groups excluding carboxylic acids is 1. The summed E-state index contributed by atoms with van der Waals surface area (Å²) < 4.78 is 24.6. The fourth-order valence-corrected chi connectivity index (χ4v) is 3.21. The zero-order valence-corrected chi connectivity index (χ0v) is 15.8. The summed E-state index contributed by atoms with van der Waals surface area (Å²) in [5.41, 5.74) is 1.39. The molecule has 0 spiro atoms. The Labute approximate surface area is 164 Å². The Morgan fingerprint density at radius 1 is 1.25 bits per heavy atom. The Bertz CT molecular complexity index is 789. The van der Waals surface area contributed by atoms with Gasteiger partial charge in [0.05, 0.1) is 19.3 Å². The number of halogens is 1. The first-order chi connectivity index (χ1) is 13.7. The summed E-state index contributed by atoms with van der Waals surface area (Å²) in [6, 6.07) is 13.4. The number of morpholine rings is 1. The lowest BCUT2D eigenvalue weighted by atomic mass is 10.0. The van der Waals surface area contributed by atoms with Crippen LogP contribution in [0.3, 0.4) is 0 Å². The molecule has 1 amide bonds. The van der Waals surface area contributed by atoms with E-state index >= 15 is 0 Å². The normalized spacial score (nSPS) is 15.6. The molecule has 2 aromatic rings. The van der Waals surface area contributed by atoms with Crippen molar-refractivity contribution in [1.29, 1.82) is 0 Å². The largest absolute Gasteiger partial charge is 0.490 e. The molecule has 1 fully saturated rings. The first kappa shape index (κ1) is 20.0. The maximum absolute atomic E-state index is 13.7. The van der Waals surface area contributed by atoms with E-state index in [9.17, 15) is 9.18 Å². The molecule has 28 heavy (non-hydrogen) atoms. The lowest BCUT2D eigenvalue weighted by Crippen LogP contribution is -2.43. The van der Waals surface area contributed by atoms with Gasteiger partial charge in [0, 0.05) is 25.2 Å². The molecule has 1 saturated heterocycles. The molecule has 0 saturated carbocycles. The third-order valence-corrected chi connectivity index (χ3v) is 4.66. The maximum Gasteiger partial charge on any atom is 0.251 e. The van der Waals surface area contributed by atoms with Crippen LogP contribution in [0, 0.1) is 5.82 Å². The van der Waals surface area contributed by atoms with Crippen LogP contribution in [-0.2, 0) is 4.74 Å². The number of nitrogens with zero attached hydrogens (tertiary/aromatic N) is 1. The van der Waals surface area contributed by atoms with Gasteiger partial charge in [0.2, 0.25) is 0 Å². The molecule has 1 unspecified atom stereocenters. The van der Waals surface area contributed by atoms with Gasteiger partial charge < -0.3 is 14.8 Å². The quantitative estimate of drug-likeness (QED) is 0.710. The van der Waals surface area contributed by atoms with Crippen molar-refractivity contribution in [3.63, 3.8) is 0 Å². The number of benzene rings is 2. The van der Waals surface area contributed by atoms with Crippen LogP contribution < -0.4 is 10.1 Å². The average molecular weight is 384 g/mol. The molecule has 1 atom stereocenters. The topological polar surface area (TPSA) is 50.8 Å². The Hall–Kier alpha value is -2.70. The molecular weight excluding hydrogens is 359 g/mol. The van der Waals surface area contributed by atoms with Crippen molar-refractivity contribution in [3.05, 3.63) is 78.1 Å². The van der Waals surface area contributed by atoms with Crippen molar-refractivity contribution in [1.82, 2.24) is 10.2 Å². The number of hydrogen-bond acceptors (Lipinski definition) is 4. The first-order valence-corrected chi connectivity index (χ1v) is 9.36. The highest BCUT2D eigenvalue weighted by Crippen LogP contribution is 2.22. The summed E-state index contributed by atoms with van der Waals surface area (Å²) in [4.78, 5) is 14.8. The number of rotatable bonds is 8. The summed E-state index contributed by atoms with van der Waals surface area (Å²) in [5.74, 6) is 0.226. The fraction of sp³-hybridized carbons (Fsp3) is 0.318. The fourth-order valence-electron chi connectivity index (χ4n) is 3.21. The highest BCUT2D eigenvalue weighted by atomic mass is 19.1. The van der Waals surface area contributed by atoms with Gasteiger partial charge in [-0.2, -0.15) is 0 Å². The van der Waals surface area contributed by atoms with Gasteiger partial charge in [-0.25, -0.2) is 4.39 Å². The van der Waals surface area contributed by atoms with Crippen molar-refractivity contribution in [2.75, 3.05) is 39.5 Å². The van der Waals surface area contributed by atoms with Gasteiger partial charge >= 0.3 is 0 Å². The number of amides is 1. The number of nitrogens with one attached hydrogen (secondary N) is 1. The van der Waals surface area contributed by atoms with E-state index in [1.807, 2.05) is 6.07 Å². The summed E-state index contributed by atoms with van der Waals surface area (Å²) in [6.45, 7) is 7.16. The van der Waals surface area contributed by atoms with Crippen LogP contribution >= 0.6 is 0 Å². The molecule has 3 rings (SSSR count). The van der Waals surface area contributed by atoms with Gasteiger partial charge in [0.15, 0.2) is 0 Å². The molecule has 5 nitrogen and oxygen atoms in total. The van der Waals surface area contributed by atoms with E-state index in [1.165, 1.54) is 12.1 Å². The van der Waals surface area contributed by atoms with E-state index in [2.05, 4.69) is 16.8 Å². The Morgan fingerprint density at radius 2 is 2.00 bits per heavy atom. The maximum atomic E-state index is 13.7. The number of hydrogen-bond donors (Lipinski definition) is 1. The van der Waals surface area contributed by atoms with E-state index in [0.717, 1.165) is 18.7 Å². The second kappa shape index (κ2) is 10.0. The van der Waals surface area contributed by atoms with E-state index in [-0.39, 0.29) is 17.8 Å². The second-order valence-corrected chi connectivity index (χ2v) is 6.55. The molecule has 0 aliphatic carbocycles. The lowest BCUT2D eigenvalue weighted by molar-refractivity contribution is 0.0162. The van der Waals surface area contributed by atoms with E-state index in [4.69, 9.17) is 9.47 Å². The Kier molecular flexibility index (Phi) is 7.17. The summed E-state index contributed by atoms with van der Waals surface area (Å²) in [5, 5.41) is 2.98. The third-order valence-electron chi connectivity index (χ3n) is 4.66. The lowest BCUT2D eigenvalue weighted by Gasteiger charge is -2.35. The molecule has 148 valence electrons. The Balaban J connectivity index is 1.67. The molecule has 1 heterocycles. The van der Waals surface area contributed by atoms with Gasteiger partial charge in [0.25, 0.3) is 5.91 Å². The molecule has 0 bridgehead atoms. The van der Waals surface area contributed by atoms with E-state index in [1.54, 1.807) is 36.4 Å². The van der Waals surface area contributed by atoms with Crippen molar-refractivity contribution >= 4 is 5.91 Å². The minimum absolute atomic E-state index is 0.112. The zero-order valence-electron chi connectivity index (χ0n) is 15.8. The summed E-state index contributed by atoms with van der Waals surface area (Å²) in [7, 11) is 0. The summed E-state index contributed by atoms with van der Waals surface area (Å²) >= 11 is 0. The van der Waals surface area contributed by atoms with Crippen LogP contribution in [0.25, 0.3) is 0 Å². The number of carbonyl (C=O) groups is 1. The smallest absolute Gasteiger partial charge is 0.251 e. The molecule has 2 aromatic carbocycles. The van der Waals surface area contributed by atoms with Crippen LogP contribution in [-0.4, -0.2) is 50.3 Å². The number of ether oxygens (including phenoxy) is 2. The second-order valence-electron chi connectivity index (χ2n) is 6.55. The van der Waals surface area contributed by atoms with Gasteiger partial charge in [-0.1, -0.05) is 24.8 Å². The van der Waals surface area contributed by atoms with Gasteiger partial charge in [-0.3, -0.25) is 9.69 Å². The van der Waals surface area contributed by atoms with Gasteiger partial charge in [0.1, 0.15) is 18.2 Å². The van der Waals surface area contributed by atoms with Crippen molar-refractivity contribution < 1.29 is 18.7 Å². The minimum Gasteiger partial charge on any atom is -0.490 e. The van der Waals surface area contributed by atoms with Crippen LogP contribution in [0.4, 0.5) is 4.39 Å². The van der Waals surface area contributed by atoms with Crippen LogP contribution in [0.5, 0.6) is 5.75 Å². The highest BCUT2D eigenvalue weighted by Gasteiger charge is 2.23. The first-order valence-electron chi connectivity index (χ1n) is 9.36. The van der Waals surface area contributed by atoms with Crippen molar-refractivity contribution in [2.45, 2.75) is 6.04 Å². The van der Waals surface area contributed by atoms with Crippen LogP contribution in [0.1, 0.15) is 22.0 Å². The predicted molar refractivity (Wildman–Crippen MR) is 106 cm³/mol. The van der Waals surface area contributed by atoms with Gasteiger partial charge in [-0.15, -0.1) is 0 Å². The Morgan fingerprint density at radius 3 is 2.68 bits per heavy atom. The van der Waals surface area contributed by atoms with Gasteiger partial charge in [-0.05, 0) is 42.0 Å². The minimum atomic E-state index is -0.280. The van der Waals surface area contributed by atoms with Crippen molar-refractivity contribution in [2.24, 2.45) is 0 Å². The predicted octanol–water partition coefficient (Wildman–Crippen LogP) is 3.19. The van der Waals surface area contributed by atoms with Crippen molar-refractivity contribution in [3.8, 4) is 5.75 Å². The van der Waals surface area contributed by atoms with E-state index in [0.29, 0.717) is 37.7 Å². The van der Waals surface area contributed by atoms with Crippen LogP contribution in [0.15, 0.2) is 61.2 Å². The summed E-state index contributed by atoms with van der Waals surface area (Å²) in [6.07, 6.45) is 1.67. The average Bonchev–Trinajstić information content (AvgIpc) is 2.73. The van der Waals surface area contributed by atoms with E-state index < -0.39 is 0 Å². The molecule has 1 aliphatic rings. The standard InChI is InChI=1S/C22H25FN2O3/c1-2-12-28-20-8-6-17(7-9-20)22(26)24-16-21(25-10-13-27-14-11-25)18-4-3-5-19(23)15-18/h2-9,15,21H,1,10-14,16H2,(H,24,26). The molecule has 1 aliphatic heterocycles. The monoisotopic (exact) mass is 384 g/mol. The third kappa shape index (κ3) is 5.41. The van der Waals surface area contributed by atoms with Crippen LogP contribution in [0.2, 0.25) is 0 Å². The zero-order chi connectivity index (χ0) is 19.8. The molecular formula is C22H25FN2O3.